The molecular weight excluding hydrogens is 416 g/mol. The molecular formula is C28H22O5. The second-order valence-corrected chi connectivity index (χ2v) is 7.24. The van der Waals surface area contributed by atoms with Gasteiger partial charge in [-0.2, -0.15) is 0 Å². The highest BCUT2D eigenvalue weighted by Gasteiger charge is 2.10. The van der Waals surface area contributed by atoms with Gasteiger partial charge in [0.2, 0.25) is 0 Å². The van der Waals surface area contributed by atoms with Gasteiger partial charge in [0.15, 0.2) is 6.61 Å². The average molecular weight is 438 g/mol. The summed E-state index contributed by atoms with van der Waals surface area (Å²) >= 11 is 0. The van der Waals surface area contributed by atoms with Crippen LogP contribution in [-0.4, -0.2) is 18.5 Å². The van der Waals surface area contributed by atoms with Crippen molar-refractivity contribution in [3.05, 3.63) is 120 Å². The van der Waals surface area contributed by atoms with E-state index in [2.05, 4.69) is 0 Å². The second-order valence-electron chi connectivity index (χ2n) is 7.24. The fourth-order valence-electron chi connectivity index (χ4n) is 3.14. The number of carbonyl (C=O) groups is 2. The Bertz CT molecular complexity index is 1180. The molecule has 0 N–H and O–H groups in total. The van der Waals surface area contributed by atoms with Gasteiger partial charge in [0.25, 0.3) is 0 Å². The van der Waals surface area contributed by atoms with Crippen molar-refractivity contribution in [2.24, 2.45) is 0 Å². The molecule has 4 rings (SSSR count). The smallest absolute Gasteiger partial charge is 0.349 e. The van der Waals surface area contributed by atoms with E-state index < -0.39 is 11.9 Å². The third-order valence-corrected chi connectivity index (χ3v) is 4.85. The monoisotopic (exact) mass is 438 g/mol. The van der Waals surface area contributed by atoms with Crippen molar-refractivity contribution in [1.82, 2.24) is 0 Å². The minimum absolute atomic E-state index is 0.195. The van der Waals surface area contributed by atoms with Crippen LogP contribution in [0, 0.1) is 0 Å². The van der Waals surface area contributed by atoms with Gasteiger partial charge in [-0.05, 0) is 53.1 Å². The van der Waals surface area contributed by atoms with Crippen LogP contribution in [-0.2, 0) is 16.1 Å². The fourth-order valence-corrected chi connectivity index (χ4v) is 3.14. The Kier molecular flexibility index (Phi) is 7.13. The summed E-state index contributed by atoms with van der Waals surface area (Å²) in [7, 11) is 0. The van der Waals surface area contributed by atoms with E-state index in [-0.39, 0.29) is 13.2 Å². The lowest BCUT2D eigenvalue weighted by Gasteiger charge is -2.09. The molecule has 0 saturated heterocycles. The topological polar surface area (TPSA) is 61.8 Å². The molecule has 0 aliphatic rings. The summed E-state index contributed by atoms with van der Waals surface area (Å²) in [6.45, 7) is -0.0361. The summed E-state index contributed by atoms with van der Waals surface area (Å²) in [5.41, 5.74) is 3.45. The minimum atomic E-state index is -0.540. The lowest BCUT2D eigenvalue weighted by molar-refractivity contribution is -0.136. The van der Waals surface area contributed by atoms with Gasteiger partial charge in [-0.1, -0.05) is 72.8 Å². The lowest BCUT2D eigenvalue weighted by Crippen LogP contribution is -2.17. The zero-order chi connectivity index (χ0) is 22.9. The predicted molar refractivity (Wildman–Crippen MR) is 125 cm³/mol. The number of rotatable bonds is 8. The number of hydrogen-bond acceptors (Lipinski definition) is 5. The highest BCUT2D eigenvalue weighted by atomic mass is 16.6. The van der Waals surface area contributed by atoms with E-state index in [1.807, 2.05) is 84.9 Å². The number of hydrogen-bond donors (Lipinski definition) is 0. The van der Waals surface area contributed by atoms with Crippen molar-refractivity contribution in [3.8, 4) is 22.6 Å². The molecule has 4 aromatic carbocycles. The van der Waals surface area contributed by atoms with Crippen LogP contribution in [0.15, 0.2) is 109 Å². The third-order valence-electron chi connectivity index (χ3n) is 4.85. The van der Waals surface area contributed by atoms with Crippen molar-refractivity contribution in [1.29, 1.82) is 0 Å². The first kappa shape index (κ1) is 21.8. The van der Waals surface area contributed by atoms with Gasteiger partial charge in [0.05, 0.1) is 5.56 Å². The van der Waals surface area contributed by atoms with Crippen LogP contribution in [0.3, 0.4) is 0 Å². The molecule has 4 aromatic rings. The standard InChI is InChI=1S/C28H22O5/c29-27(20-31-25-15-11-23(12-16-25)22-9-5-2-6-10-22)33-26-17-13-24(14-18-26)28(30)32-19-21-7-3-1-4-8-21/h1-18H,19-20H2. The van der Waals surface area contributed by atoms with Crippen molar-refractivity contribution in [2.75, 3.05) is 6.61 Å². The highest BCUT2D eigenvalue weighted by Crippen LogP contribution is 2.22. The molecule has 0 aliphatic heterocycles. The predicted octanol–water partition coefficient (Wildman–Crippen LogP) is 5.70. The summed E-state index contributed by atoms with van der Waals surface area (Å²) in [5, 5.41) is 0. The van der Waals surface area contributed by atoms with E-state index in [0.717, 1.165) is 16.7 Å². The van der Waals surface area contributed by atoms with E-state index in [0.29, 0.717) is 17.1 Å². The molecule has 5 nitrogen and oxygen atoms in total. The van der Waals surface area contributed by atoms with Gasteiger partial charge in [-0.15, -0.1) is 0 Å². The Morgan fingerprint density at radius 1 is 0.606 bits per heavy atom. The van der Waals surface area contributed by atoms with Gasteiger partial charge in [0.1, 0.15) is 18.1 Å². The van der Waals surface area contributed by atoms with E-state index in [4.69, 9.17) is 14.2 Å². The maximum absolute atomic E-state index is 12.2. The quantitative estimate of drug-likeness (QED) is 0.261. The van der Waals surface area contributed by atoms with E-state index in [1.165, 1.54) is 0 Å². The summed E-state index contributed by atoms with van der Waals surface area (Å²) < 4.78 is 16.1. The van der Waals surface area contributed by atoms with E-state index in [9.17, 15) is 9.59 Å². The molecule has 0 aliphatic carbocycles. The third kappa shape index (κ3) is 6.31. The van der Waals surface area contributed by atoms with Crippen molar-refractivity contribution in [3.63, 3.8) is 0 Å². The molecule has 0 radical (unpaired) electrons. The summed E-state index contributed by atoms with van der Waals surface area (Å²) in [6.07, 6.45) is 0. The van der Waals surface area contributed by atoms with Crippen LogP contribution in [0.2, 0.25) is 0 Å². The summed E-state index contributed by atoms with van der Waals surface area (Å²) in [5.74, 6) is -0.0914. The SMILES string of the molecule is O=C(COc1ccc(-c2ccccc2)cc1)Oc1ccc(C(=O)OCc2ccccc2)cc1. The molecule has 0 saturated carbocycles. The zero-order valence-corrected chi connectivity index (χ0v) is 17.8. The van der Waals surface area contributed by atoms with Crippen molar-refractivity contribution in [2.45, 2.75) is 6.61 Å². The number of benzene rings is 4. The van der Waals surface area contributed by atoms with Gasteiger partial charge in [0, 0.05) is 0 Å². The average Bonchev–Trinajstić information content (AvgIpc) is 2.88. The van der Waals surface area contributed by atoms with Gasteiger partial charge < -0.3 is 14.2 Å². The highest BCUT2D eigenvalue weighted by molar-refractivity contribution is 5.89. The first-order valence-electron chi connectivity index (χ1n) is 10.5. The van der Waals surface area contributed by atoms with Crippen molar-refractivity contribution < 1.29 is 23.8 Å². The van der Waals surface area contributed by atoms with Gasteiger partial charge in [-0.3, -0.25) is 0 Å². The molecule has 0 bridgehead atoms. The second kappa shape index (κ2) is 10.8. The molecule has 0 unspecified atom stereocenters. The maximum atomic E-state index is 12.2. The first-order valence-corrected chi connectivity index (χ1v) is 10.5. The fraction of sp³-hybridized carbons (Fsp3) is 0.0714. The van der Waals surface area contributed by atoms with Crippen LogP contribution >= 0.6 is 0 Å². The van der Waals surface area contributed by atoms with E-state index in [1.54, 1.807) is 24.3 Å². The molecule has 33 heavy (non-hydrogen) atoms. The molecule has 0 aromatic heterocycles. The van der Waals surface area contributed by atoms with E-state index >= 15 is 0 Å². The molecule has 5 heteroatoms. The summed E-state index contributed by atoms with van der Waals surface area (Å²) in [6, 6.07) is 33.1. The first-order chi connectivity index (χ1) is 16.2. The van der Waals surface area contributed by atoms with Crippen LogP contribution in [0.4, 0.5) is 0 Å². The number of carbonyl (C=O) groups excluding carboxylic acids is 2. The Hall–Kier alpha value is -4.38. The zero-order valence-electron chi connectivity index (χ0n) is 17.8. The molecule has 0 spiro atoms. The summed E-state index contributed by atoms with van der Waals surface area (Å²) in [4.78, 5) is 24.3. The maximum Gasteiger partial charge on any atom is 0.349 e. The Labute approximate surface area is 192 Å². The normalized spacial score (nSPS) is 10.3. The Morgan fingerprint density at radius 2 is 1.18 bits per heavy atom. The van der Waals surface area contributed by atoms with Crippen molar-refractivity contribution >= 4 is 11.9 Å². The number of esters is 2. The molecule has 0 heterocycles. The molecule has 0 amide bonds. The van der Waals surface area contributed by atoms with Crippen LogP contribution in [0.1, 0.15) is 15.9 Å². The largest absolute Gasteiger partial charge is 0.482 e. The van der Waals surface area contributed by atoms with Crippen LogP contribution in [0.25, 0.3) is 11.1 Å². The van der Waals surface area contributed by atoms with Gasteiger partial charge >= 0.3 is 11.9 Å². The molecule has 164 valence electrons. The number of ether oxygens (including phenoxy) is 3. The Balaban J connectivity index is 1.24. The lowest BCUT2D eigenvalue weighted by atomic mass is 10.1. The minimum Gasteiger partial charge on any atom is -0.482 e. The van der Waals surface area contributed by atoms with Gasteiger partial charge in [-0.25, -0.2) is 9.59 Å². The molecule has 0 atom stereocenters. The van der Waals surface area contributed by atoms with Crippen LogP contribution < -0.4 is 9.47 Å². The Morgan fingerprint density at radius 3 is 1.85 bits per heavy atom. The van der Waals surface area contributed by atoms with Crippen LogP contribution in [0.5, 0.6) is 11.5 Å². The molecule has 0 fully saturated rings.